The first-order valence-electron chi connectivity index (χ1n) is 11.5. The number of amides is 1. The fourth-order valence-electron chi connectivity index (χ4n) is 4.77. The van der Waals surface area contributed by atoms with Gasteiger partial charge >= 0.3 is 0 Å². The third-order valence-electron chi connectivity index (χ3n) is 6.74. The van der Waals surface area contributed by atoms with Crippen molar-refractivity contribution in [2.75, 3.05) is 39.9 Å². The lowest BCUT2D eigenvalue weighted by Crippen LogP contribution is -2.59. The first kappa shape index (κ1) is 22.9. The van der Waals surface area contributed by atoms with Crippen molar-refractivity contribution in [3.8, 4) is 17.6 Å². The summed E-state index contributed by atoms with van der Waals surface area (Å²) in [5.41, 5.74) is 3.30. The lowest BCUT2D eigenvalue weighted by atomic mass is 9.96. The number of carbonyl (C=O) groups excluding carboxylic acids is 1. The molecule has 2 fully saturated rings. The van der Waals surface area contributed by atoms with E-state index in [0.29, 0.717) is 43.2 Å². The number of nitrogens with zero attached hydrogens (tertiary/aromatic N) is 8. The zero-order chi connectivity index (χ0) is 24.4. The summed E-state index contributed by atoms with van der Waals surface area (Å²) in [6.07, 6.45) is 3.34. The molecule has 0 saturated carbocycles. The largest absolute Gasteiger partial charge is 0.495 e. The molecule has 0 unspecified atom stereocenters. The highest BCUT2D eigenvalue weighted by Gasteiger charge is 2.36. The van der Waals surface area contributed by atoms with Crippen molar-refractivity contribution in [1.82, 2.24) is 35.0 Å². The number of pyridine rings is 1. The Balaban J connectivity index is 1.19. The van der Waals surface area contributed by atoms with Gasteiger partial charge in [0.2, 0.25) is 5.91 Å². The minimum atomic E-state index is -0.115. The molecule has 180 valence electrons. The molecule has 2 atom stereocenters. The number of ether oxygens (including phenoxy) is 2. The lowest BCUT2D eigenvalue weighted by Gasteiger charge is -2.46. The number of nitriles is 1. The third-order valence-corrected chi connectivity index (χ3v) is 6.74. The van der Waals surface area contributed by atoms with Crippen molar-refractivity contribution >= 4 is 5.91 Å². The van der Waals surface area contributed by atoms with Crippen LogP contribution in [0.3, 0.4) is 0 Å². The Morgan fingerprint density at radius 3 is 2.86 bits per heavy atom. The van der Waals surface area contributed by atoms with Gasteiger partial charge in [-0.2, -0.15) is 9.94 Å². The van der Waals surface area contributed by atoms with Crippen LogP contribution >= 0.6 is 0 Å². The van der Waals surface area contributed by atoms with E-state index in [0.717, 1.165) is 29.8 Å². The van der Waals surface area contributed by atoms with E-state index in [1.807, 2.05) is 30.0 Å². The second-order valence-corrected chi connectivity index (χ2v) is 8.74. The first-order chi connectivity index (χ1) is 17.1. The minimum Gasteiger partial charge on any atom is -0.495 e. The van der Waals surface area contributed by atoms with E-state index in [1.54, 1.807) is 19.4 Å². The summed E-state index contributed by atoms with van der Waals surface area (Å²) in [7, 11) is 1.57. The van der Waals surface area contributed by atoms with E-state index in [2.05, 4.69) is 31.5 Å². The van der Waals surface area contributed by atoms with Crippen molar-refractivity contribution < 1.29 is 14.3 Å². The molecule has 0 bridgehead atoms. The molecule has 0 spiro atoms. The normalized spacial score (nSPS) is 20.2. The second kappa shape index (κ2) is 9.77. The van der Waals surface area contributed by atoms with Gasteiger partial charge in [0.15, 0.2) is 5.82 Å². The molecule has 2 aliphatic rings. The minimum absolute atomic E-state index is 0.0772. The number of benzene rings is 1. The van der Waals surface area contributed by atoms with Crippen LogP contribution in [0, 0.1) is 18.3 Å². The summed E-state index contributed by atoms with van der Waals surface area (Å²) in [6.45, 7) is 5.28. The zero-order valence-corrected chi connectivity index (χ0v) is 19.7. The predicted molar refractivity (Wildman–Crippen MR) is 124 cm³/mol. The highest BCUT2D eigenvalue weighted by molar-refractivity contribution is 5.79. The van der Waals surface area contributed by atoms with E-state index in [4.69, 9.17) is 9.47 Å². The number of tetrazole rings is 1. The highest BCUT2D eigenvalue weighted by atomic mass is 16.5. The van der Waals surface area contributed by atoms with Crippen LogP contribution in [0.4, 0.5) is 0 Å². The average molecular weight is 475 g/mol. The number of fused-ring (bicyclic) bond motifs is 1. The Morgan fingerprint density at radius 1 is 1.26 bits per heavy atom. The fourth-order valence-corrected chi connectivity index (χ4v) is 4.77. The van der Waals surface area contributed by atoms with Gasteiger partial charge in [-0.25, -0.2) is 4.98 Å². The molecule has 35 heavy (non-hydrogen) atoms. The number of methoxy groups -OCH3 is 1. The molecule has 4 heterocycles. The van der Waals surface area contributed by atoms with Crippen LogP contribution in [0.1, 0.15) is 28.4 Å². The van der Waals surface area contributed by atoms with Gasteiger partial charge in [0.05, 0.1) is 37.8 Å². The van der Waals surface area contributed by atoms with Crippen LogP contribution in [-0.2, 0) is 16.0 Å². The van der Waals surface area contributed by atoms with Crippen LogP contribution in [0.2, 0.25) is 0 Å². The molecule has 2 aromatic heterocycles. The molecule has 0 radical (unpaired) electrons. The lowest BCUT2D eigenvalue weighted by molar-refractivity contribution is -0.139. The molecule has 11 nitrogen and oxygen atoms in total. The summed E-state index contributed by atoms with van der Waals surface area (Å²) in [5, 5.41) is 20.6. The molecule has 0 N–H and O–H groups in total. The fraction of sp³-hybridized carbons (Fsp3) is 0.417. The summed E-state index contributed by atoms with van der Waals surface area (Å²) in [6, 6.07) is 9.88. The highest BCUT2D eigenvalue weighted by Crippen LogP contribution is 2.33. The van der Waals surface area contributed by atoms with E-state index in [-0.39, 0.29) is 18.1 Å². The van der Waals surface area contributed by atoms with Crippen molar-refractivity contribution in [2.24, 2.45) is 0 Å². The van der Waals surface area contributed by atoms with E-state index >= 15 is 0 Å². The van der Waals surface area contributed by atoms with Crippen LogP contribution in [-0.4, -0.2) is 86.8 Å². The quantitative estimate of drug-likeness (QED) is 0.534. The number of hydrogen-bond donors (Lipinski definition) is 0. The Morgan fingerprint density at radius 2 is 2.14 bits per heavy atom. The van der Waals surface area contributed by atoms with Crippen LogP contribution in [0.15, 0.2) is 36.8 Å². The standard InChI is InChI=1S/C24H26N8O3/c1-16-19(4-5-21(34-2)20(16)10-25)22-13-30-7-8-31(12-18(30)14-35-22)24(33)9-17-3-6-23(26-11-17)32-15-27-28-29-32/h3-6,11,15,18,22H,7-9,12-14H2,1-2H3/t18-,22-/m0/s1. The number of aromatic nitrogens is 5. The molecule has 2 saturated heterocycles. The SMILES string of the molecule is COc1ccc([C@@H]2CN3CCN(C(=O)Cc4ccc(-n5cnnn5)nc4)C[C@H]3CO2)c(C)c1C#N. The van der Waals surface area contributed by atoms with Crippen molar-refractivity contribution in [3.05, 3.63) is 59.0 Å². The first-order valence-corrected chi connectivity index (χ1v) is 11.5. The van der Waals surface area contributed by atoms with Gasteiger partial charge in [-0.05, 0) is 46.2 Å². The van der Waals surface area contributed by atoms with Gasteiger partial charge in [0.25, 0.3) is 0 Å². The molecule has 0 aliphatic carbocycles. The Kier molecular flexibility index (Phi) is 6.39. The average Bonchev–Trinajstić information content (AvgIpc) is 3.43. The number of rotatable bonds is 5. The molecular weight excluding hydrogens is 448 g/mol. The summed E-state index contributed by atoms with van der Waals surface area (Å²) >= 11 is 0. The Hall–Kier alpha value is -3.88. The molecule has 2 aliphatic heterocycles. The summed E-state index contributed by atoms with van der Waals surface area (Å²) in [4.78, 5) is 21.6. The Bertz CT molecular complexity index is 1240. The van der Waals surface area contributed by atoms with Crippen molar-refractivity contribution in [2.45, 2.75) is 25.5 Å². The maximum absolute atomic E-state index is 13.0. The number of hydrogen-bond acceptors (Lipinski definition) is 9. The van der Waals surface area contributed by atoms with E-state index in [9.17, 15) is 10.1 Å². The zero-order valence-electron chi connectivity index (χ0n) is 19.7. The van der Waals surface area contributed by atoms with Crippen LogP contribution in [0.25, 0.3) is 5.82 Å². The molecular formula is C24H26N8O3. The summed E-state index contributed by atoms with van der Waals surface area (Å²) < 4.78 is 13.0. The predicted octanol–water partition coefficient (Wildman–Crippen LogP) is 1.07. The molecule has 11 heteroatoms. The molecule has 1 aromatic carbocycles. The van der Waals surface area contributed by atoms with Crippen molar-refractivity contribution in [1.29, 1.82) is 5.26 Å². The second-order valence-electron chi connectivity index (χ2n) is 8.74. The smallest absolute Gasteiger partial charge is 0.227 e. The number of piperazine rings is 1. The van der Waals surface area contributed by atoms with E-state index < -0.39 is 0 Å². The van der Waals surface area contributed by atoms with Gasteiger partial charge < -0.3 is 14.4 Å². The summed E-state index contributed by atoms with van der Waals surface area (Å²) in [5.74, 6) is 1.26. The molecule has 1 amide bonds. The van der Waals surface area contributed by atoms with Gasteiger partial charge in [-0.1, -0.05) is 12.1 Å². The topological polar surface area (TPSA) is 122 Å². The maximum atomic E-state index is 13.0. The van der Waals surface area contributed by atoms with Crippen LogP contribution < -0.4 is 4.74 Å². The molecule has 3 aromatic rings. The van der Waals surface area contributed by atoms with E-state index in [1.165, 1.54) is 11.0 Å². The number of morpholine rings is 1. The number of carbonyl (C=O) groups is 1. The van der Waals surface area contributed by atoms with Gasteiger partial charge in [-0.15, -0.1) is 5.10 Å². The Labute approximate surface area is 202 Å². The maximum Gasteiger partial charge on any atom is 0.227 e. The van der Waals surface area contributed by atoms with Crippen LogP contribution in [0.5, 0.6) is 5.75 Å². The molecule has 5 rings (SSSR count). The monoisotopic (exact) mass is 474 g/mol. The van der Waals surface area contributed by atoms with Gasteiger partial charge in [0.1, 0.15) is 18.1 Å². The van der Waals surface area contributed by atoms with Gasteiger partial charge in [0, 0.05) is 32.4 Å². The van der Waals surface area contributed by atoms with Gasteiger partial charge in [-0.3, -0.25) is 9.69 Å². The third kappa shape index (κ3) is 4.58. The van der Waals surface area contributed by atoms with Crippen molar-refractivity contribution in [3.63, 3.8) is 0 Å².